The van der Waals surface area contributed by atoms with E-state index < -0.39 is 36.0 Å². The highest BCUT2D eigenvalue weighted by atomic mass is 16.7. The molecule has 1 atom stereocenters. The van der Waals surface area contributed by atoms with Crippen molar-refractivity contribution >= 4 is 30.3 Å². The van der Waals surface area contributed by atoms with Crippen molar-refractivity contribution in [1.29, 1.82) is 0 Å². The largest absolute Gasteiger partial charge is 0.494 e. The number of nitrogens with zero attached hydrogens (tertiary/aromatic N) is 1. The van der Waals surface area contributed by atoms with Crippen molar-refractivity contribution in [3.8, 4) is 0 Å². The van der Waals surface area contributed by atoms with Crippen LogP contribution >= 0.6 is 0 Å². The van der Waals surface area contributed by atoms with E-state index >= 15 is 0 Å². The minimum absolute atomic E-state index is 0.313. The molecule has 1 aromatic rings. The molecule has 0 unspecified atom stereocenters. The topological polar surface area (TPSA) is 88.1 Å². The van der Waals surface area contributed by atoms with Crippen molar-refractivity contribution in [1.82, 2.24) is 4.90 Å². The van der Waals surface area contributed by atoms with Gasteiger partial charge in [0.15, 0.2) is 0 Å². The monoisotopic (exact) mass is 402 g/mol. The van der Waals surface area contributed by atoms with Gasteiger partial charge in [0.25, 0.3) is 0 Å². The number of nitrogens with one attached hydrogen (secondary N) is 1. The lowest BCUT2D eigenvalue weighted by molar-refractivity contribution is -0.122. The third-order valence-electron chi connectivity index (χ3n) is 6.15. The van der Waals surface area contributed by atoms with E-state index in [4.69, 9.17) is 9.31 Å². The van der Waals surface area contributed by atoms with Crippen molar-refractivity contribution in [2.45, 2.75) is 84.1 Å². The first-order valence-corrected chi connectivity index (χ1v) is 10.0. The SMILES string of the molecule is CC(C)(C)N(C(=O)O)[C@H]1CCc2ccc(B3OC(C)(C)C(C)(C)O3)cc2NC1=O. The van der Waals surface area contributed by atoms with Crippen LogP contribution in [0, 0.1) is 0 Å². The lowest BCUT2D eigenvalue weighted by Crippen LogP contribution is -2.55. The minimum atomic E-state index is -1.10. The third kappa shape index (κ3) is 4.01. The zero-order valence-electron chi connectivity index (χ0n) is 18.3. The maximum absolute atomic E-state index is 12.9. The summed E-state index contributed by atoms with van der Waals surface area (Å²) in [6.45, 7) is 13.4. The van der Waals surface area contributed by atoms with Crippen molar-refractivity contribution < 1.29 is 24.0 Å². The molecular formula is C21H31BN2O5. The van der Waals surface area contributed by atoms with Gasteiger partial charge in [0.1, 0.15) is 6.04 Å². The number of amides is 2. The van der Waals surface area contributed by atoms with Crippen LogP contribution in [0.25, 0.3) is 0 Å². The molecule has 1 aromatic carbocycles. The molecule has 2 N–H and O–H groups in total. The average Bonchev–Trinajstić information content (AvgIpc) is 2.68. The lowest BCUT2D eigenvalue weighted by Gasteiger charge is -2.38. The molecule has 8 heteroatoms. The van der Waals surface area contributed by atoms with Gasteiger partial charge in [0, 0.05) is 11.2 Å². The van der Waals surface area contributed by atoms with Gasteiger partial charge in [-0.2, -0.15) is 0 Å². The number of benzene rings is 1. The van der Waals surface area contributed by atoms with Crippen LogP contribution in [0.2, 0.25) is 0 Å². The first-order chi connectivity index (χ1) is 13.2. The van der Waals surface area contributed by atoms with Crippen molar-refractivity contribution in [2.75, 3.05) is 5.32 Å². The van der Waals surface area contributed by atoms with Crippen LogP contribution in [0.5, 0.6) is 0 Å². The van der Waals surface area contributed by atoms with Crippen molar-refractivity contribution in [3.05, 3.63) is 23.8 Å². The van der Waals surface area contributed by atoms with E-state index in [1.165, 1.54) is 4.90 Å². The van der Waals surface area contributed by atoms with E-state index in [1.54, 1.807) is 20.8 Å². The van der Waals surface area contributed by atoms with Gasteiger partial charge in [-0.25, -0.2) is 4.79 Å². The summed E-state index contributed by atoms with van der Waals surface area (Å²) < 4.78 is 12.2. The molecule has 2 aliphatic rings. The van der Waals surface area contributed by atoms with Gasteiger partial charge in [-0.15, -0.1) is 0 Å². The Labute approximate surface area is 172 Å². The van der Waals surface area contributed by atoms with Gasteiger partial charge in [0.05, 0.1) is 11.2 Å². The lowest BCUT2D eigenvalue weighted by atomic mass is 9.78. The Kier molecular flexibility index (Phi) is 5.24. The van der Waals surface area contributed by atoms with Crippen LogP contribution in [-0.2, 0) is 20.5 Å². The zero-order chi connectivity index (χ0) is 21.8. The van der Waals surface area contributed by atoms with Crippen LogP contribution in [0.1, 0.15) is 60.5 Å². The molecule has 3 rings (SSSR count). The number of hydrogen-bond donors (Lipinski definition) is 2. The number of carbonyl (C=O) groups excluding carboxylic acids is 1. The summed E-state index contributed by atoms with van der Waals surface area (Å²) in [6, 6.07) is 5.03. The summed E-state index contributed by atoms with van der Waals surface area (Å²) in [5, 5.41) is 12.6. The summed E-state index contributed by atoms with van der Waals surface area (Å²) in [7, 11) is -0.522. The Morgan fingerprint density at radius 2 is 1.79 bits per heavy atom. The molecule has 1 fully saturated rings. The second kappa shape index (κ2) is 7.02. The Balaban J connectivity index is 1.87. The highest BCUT2D eigenvalue weighted by Crippen LogP contribution is 2.37. The normalized spacial score (nSPS) is 23.2. The molecule has 1 saturated heterocycles. The summed E-state index contributed by atoms with van der Waals surface area (Å²) in [4.78, 5) is 26.0. The number of aryl methyl sites for hydroxylation is 1. The van der Waals surface area contributed by atoms with Gasteiger partial charge in [0.2, 0.25) is 5.91 Å². The standard InChI is InChI=1S/C21H31BN2O5/c1-19(2,3)24(18(26)27)16-11-9-13-8-10-14(12-15(13)23-17(16)25)22-28-20(4,5)21(6,7)29-22/h8,10,12,16H,9,11H2,1-7H3,(H,23,25)(H,26,27)/t16-/m0/s1. The highest BCUT2D eigenvalue weighted by Gasteiger charge is 2.51. The van der Waals surface area contributed by atoms with Gasteiger partial charge < -0.3 is 19.7 Å². The molecule has 7 nitrogen and oxygen atoms in total. The van der Waals surface area contributed by atoms with E-state index in [1.807, 2.05) is 45.9 Å². The first kappa shape index (κ1) is 21.6. The smallest absolute Gasteiger partial charge is 0.465 e. The molecule has 29 heavy (non-hydrogen) atoms. The van der Waals surface area contributed by atoms with E-state index in [2.05, 4.69) is 5.32 Å². The molecular weight excluding hydrogens is 371 g/mol. The molecule has 0 aliphatic carbocycles. The predicted octanol–water partition coefficient (Wildman–Crippen LogP) is 3.02. The molecule has 2 aliphatic heterocycles. The molecule has 0 spiro atoms. The Morgan fingerprint density at radius 3 is 2.31 bits per heavy atom. The molecule has 2 amide bonds. The summed E-state index contributed by atoms with van der Waals surface area (Å²) in [6.07, 6.45) is -0.0676. The van der Waals surface area contributed by atoms with Crippen LogP contribution in [0.4, 0.5) is 10.5 Å². The maximum atomic E-state index is 12.9. The minimum Gasteiger partial charge on any atom is -0.465 e. The molecule has 158 valence electrons. The van der Waals surface area contributed by atoms with E-state index in [0.717, 1.165) is 11.0 Å². The molecule has 2 heterocycles. The van der Waals surface area contributed by atoms with Crippen molar-refractivity contribution in [2.24, 2.45) is 0 Å². The Bertz CT molecular complexity index is 815. The Hall–Kier alpha value is -2.06. The van der Waals surface area contributed by atoms with Crippen LogP contribution < -0.4 is 10.8 Å². The highest BCUT2D eigenvalue weighted by molar-refractivity contribution is 6.62. The van der Waals surface area contributed by atoms with Gasteiger partial charge >= 0.3 is 13.2 Å². The number of carboxylic acid groups (broad SMARTS) is 1. The zero-order valence-corrected chi connectivity index (χ0v) is 18.3. The summed E-state index contributed by atoms with van der Waals surface area (Å²) in [5.74, 6) is -0.313. The quantitative estimate of drug-likeness (QED) is 0.743. The van der Waals surface area contributed by atoms with E-state index in [-0.39, 0.29) is 5.91 Å². The predicted molar refractivity (Wildman–Crippen MR) is 113 cm³/mol. The number of carbonyl (C=O) groups is 2. The third-order valence-corrected chi connectivity index (χ3v) is 6.15. The fourth-order valence-corrected chi connectivity index (χ4v) is 3.83. The Morgan fingerprint density at radius 1 is 1.21 bits per heavy atom. The van der Waals surface area contributed by atoms with E-state index in [0.29, 0.717) is 18.5 Å². The van der Waals surface area contributed by atoms with Gasteiger partial charge in [-0.3, -0.25) is 9.69 Å². The van der Waals surface area contributed by atoms with E-state index in [9.17, 15) is 14.7 Å². The number of fused-ring (bicyclic) bond motifs is 1. The molecule has 0 bridgehead atoms. The van der Waals surface area contributed by atoms with Crippen LogP contribution in [0.3, 0.4) is 0 Å². The summed E-state index contributed by atoms with van der Waals surface area (Å²) in [5.41, 5.74) is 0.899. The molecule has 0 saturated carbocycles. The summed E-state index contributed by atoms with van der Waals surface area (Å²) >= 11 is 0. The second-order valence-corrected chi connectivity index (χ2v) is 9.87. The number of rotatable bonds is 2. The fourth-order valence-electron chi connectivity index (χ4n) is 3.83. The number of hydrogen-bond acceptors (Lipinski definition) is 4. The number of anilines is 1. The average molecular weight is 402 g/mol. The molecule has 0 radical (unpaired) electrons. The fraction of sp³-hybridized carbons (Fsp3) is 0.619. The van der Waals surface area contributed by atoms with Gasteiger partial charge in [-0.05, 0) is 78.4 Å². The second-order valence-electron chi connectivity index (χ2n) is 9.87. The van der Waals surface area contributed by atoms with Crippen LogP contribution in [0.15, 0.2) is 18.2 Å². The molecule has 0 aromatic heterocycles. The first-order valence-electron chi connectivity index (χ1n) is 10.0. The van der Waals surface area contributed by atoms with Crippen molar-refractivity contribution in [3.63, 3.8) is 0 Å². The van der Waals surface area contributed by atoms with Gasteiger partial charge in [-0.1, -0.05) is 12.1 Å². The van der Waals surface area contributed by atoms with Crippen LogP contribution in [-0.4, -0.2) is 51.9 Å². The maximum Gasteiger partial charge on any atom is 0.494 e.